The van der Waals surface area contributed by atoms with Crippen LogP contribution in [-0.4, -0.2) is 36.5 Å². The number of nitrogens with one attached hydrogen (secondary N) is 1. The second kappa shape index (κ2) is 6.54. The number of benzene rings is 1. The van der Waals surface area contributed by atoms with E-state index in [2.05, 4.69) is 5.32 Å². The molecule has 0 aliphatic carbocycles. The molecule has 21 heavy (non-hydrogen) atoms. The van der Waals surface area contributed by atoms with E-state index >= 15 is 0 Å². The molecule has 1 aromatic carbocycles. The predicted molar refractivity (Wildman–Crippen MR) is 81.6 cm³/mol. The van der Waals surface area contributed by atoms with Crippen molar-refractivity contribution in [3.8, 4) is 0 Å². The van der Waals surface area contributed by atoms with E-state index in [-0.39, 0.29) is 18.2 Å². The first kappa shape index (κ1) is 15.3. The number of ether oxygens (including phenoxy) is 1. The van der Waals surface area contributed by atoms with Crippen molar-refractivity contribution < 1.29 is 14.3 Å². The number of hydrogen-bond acceptors (Lipinski definition) is 3. The Balaban J connectivity index is 2.33. The number of para-hydroxylation sites is 1. The third-order valence-corrected chi connectivity index (χ3v) is 3.51. The summed E-state index contributed by atoms with van der Waals surface area (Å²) in [7, 11) is 1.59. The lowest BCUT2D eigenvalue weighted by Gasteiger charge is -2.09. The summed E-state index contributed by atoms with van der Waals surface area (Å²) >= 11 is 0. The quantitative estimate of drug-likeness (QED) is 0.652. The zero-order valence-electron chi connectivity index (χ0n) is 12.6. The molecule has 1 N–H and O–H groups in total. The standard InChI is InChI=1S/C16H20N2O3/c1-11-16(12(2)19)13-6-4-5-7-14(13)18(11)10-15(20)17-8-9-21-3/h4-7H,8-10H2,1-3H3,(H,17,20). The molecule has 2 aromatic rings. The van der Waals surface area contributed by atoms with Crippen molar-refractivity contribution in [1.82, 2.24) is 9.88 Å². The number of fused-ring (bicyclic) bond motifs is 1. The Morgan fingerprint density at radius 1 is 1.29 bits per heavy atom. The Labute approximate surface area is 123 Å². The fraction of sp³-hybridized carbons (Fsp3) is 0.375. The van der Waals surface area contributed by atoms with Crippen molar-refractivity contribution in [2.24, 2.45) is 0 Å². The van der Waals surface area contributed by atoms with E-state index in [1.54, 1.807) is 14.0 Å². The van der Waals surface area contributed by atoms with Gasteiger partial charge in [0.1, 0.15) is 6.54 Å². The maximum Gasteiger partial charge on any atom is 0.240 e. The lowest BCUT2D eigenvalue weighted by atomic mass is 10.1. The normalized spacial score (nSPS) is 10.8. The van der Waals surface area contributed by atoms with Crippen molar-refractivity contribution in [3.63, 3.8) is 0 Å². The molecule has 0 bridgehead atoms. The van der Waals surface area contributed by atoms with E-state index in [0.29, 0.717) is 18.7 Å². The van der Waals surface area contributed by atoms with Gasteiger partial charge in [-0.05, 0) is 19.9 Å². The van der Waals surface area contributed by atoms with Gasteiger partial charge in [-0.2, -0.15) is 0 Å². The maximum atomic E-state index is 12.0. The fourth-order valence-corrected chi connectivity index (χ4v) is 2.57. The van der Waals surface area contributed by atoms with Gasteiger partial charge >= 0.3 is 0 Å². The summed E-state index contributed by atoms with van der Waals surface area (Å²) in [5.41, 5.74) is 2.42. The van der Waals surface area contributed by atoms with Gasteiger partial charge in [0.25, 0.3) is 0 Å². The molecule has 0 atom stereocenters. The van der Waals surface area contributed by atoms with Crippen molar-refractivity contribution in [2.45, 2.75) is 20.4 Å². The number of carbonyl (C=O) groups excluding carboxylic acids is 2. The second-order valence-electron chi connectivity index (χ2n) is 4.96. The van der Waals surface area contributed by atoms with Crippen LogP contribution in [0.15, 0.2) is 24.3 Å². The van der Waals surface area contributed by atoms with Crippen molar-refractivity contribution in [3.05, 3.63) is 35.5 Å². The molecule has 112 valence electrons. The number of rotatable bonds is 6. The first-order valence-corrected chi connectivity index (χ1v) is 6.90. The molecule has 0 aliphatic rings. The molecule has 0 spiro atoms. The van der Waals surface area contributed by atoms with Crippen LogP contribution in [0.1, 0.15) is 23.0 Å². The summed E-state index contributed by atoms with van der Waals surface area (Å²) in [6, 6.07) is 7.65. The van der Waals surface area contributed by atoms with Gasteiger partial charge in [-0.25, -0.2) is 0 Å². The van der Waals surface area contributed by atoms with Crippen LogP contribution >= 0.6 is 0 Å². The first-order valence-electron chi connectivity index (χ1n) is 6.90. The smallest absolute Gasteiger partial charge is 0.240 e. The highest BCUT2D eigenvalue weighted by molar-refractivity contribution is 6.08. The van der Waals surface area contributed by atoms with E-state index in [1.165, 1.54) is 0 Å². The van der Waals surface area contributed by atoms with Crippen LogP contribution in [0, 0.1) is 6.92 Å². The highest BCUT2D eigenvalue weighted by Crippen LogP contribution is 2.26. The molecule has 0 saturated heterocycles. The van der Waals surface area contributed by atoms with E-state index in [0.717, 1.165) is 16.6 Å². The molecular formula is C16H20N2O3. The van der Waals surface area contributed by atoms with E-state index < -0.39 is 0 Å². The fourth-order valence-electron chi connectivity index (χ4n) is 2.57. The van der Waals surface area contributed by atoms with E-state index in [9.17, 15) is 9.59 Å². The monoisotopic (exact) mass is 288 g/mol. The highest BCUT2D eigenvalue weighted by Gasteiger charge is 2.18. The van der Waals surface area contributed by atoms with Crippen LogP contribution in [0.2, 0.25) is 0 Å². The lowest BCUT2D eigenvalue weighted by molar-refractivity contribution is -0.121. The van der Waals surface area contributed by atoms with E-state index in [4.69, 9.17) is 4.74 Å². The predicted octanol–water partition coefficient (Wildman–Crippen LogP) is 1.91. The molecule has 2 rings (SSSR count). The molecule has 1 amide bonds. The third-order valence-electron chi connectivity index (χ3n) is 3.51. The topological polar surface area (TPSA) is 60.3 Å². The molecule has 0 saturated carbocycles. The number of amides is 1. The van der Waals surface area contributed by atoms with Crippen LogP contribution < -0.4 is 5.32 Å². The number of nitrogens with zero attached hydrogens (tertiary/aromatic N) is 1. The highest BCUT2D eigenvalue weighted by atomic mass is 16.5. The Bertz CT molecular complexity index is 673. The molecule has 5 nitrogen and oxygen atoms in total. The number of ketones is 1. The Kier molecular flexibility index (Phi) is 4.75. The van der Waals surface area contributed by atoms with Crippen LogP contribution in [-0.2, 0) is 16.1 Å². The summed E-state index contributed by atoms with van der Waals surface area (Å²) in [4.78, 5) is 23.8. The van der Waals surface area contributed by atoms with Gasteiger partial charge in [-0.1, -0.05) is 18.2 Å². The number of Topliss-reactive ketones (excluding diaryl/α,β-unsaturated/α-hetero) is 1. The van der Waals surface area contributed by atoms with Crippen molar-refractivity contribution in [2.75, 3.05) is 20.3 Å². The number of carbonyl (C=O) groups is 2. The summed E-state index contributed by atoms with van der Waals surface area (Å²) in [5, 5.41) is 3.69. The van der Waals surface area contributed by atoms with Crippen molar-refractivity contribution in [1.29, 1.82) is 0 Å². The molecule has 5 heteroatoms. The molecule has 1 aromatic heterocycles. The van der Waals surface area contributed by atoms with Crippen LogP contribution in [0.3, 0.4) is 0 Å². The summed E-state index contributed by atoms with van der Waals surface area (Å²) in [5.74, 6) is -0.0757. The summed E-state index contributed by atoms with van der Waals surface area (Å²) < 4.78 is 6.79. The summed E-state index contributed by atoms with van der Waals surface area (Å²) in [6.45, 7) is 4.59. The van der Waals surface area contributed by atoms with Crippen LogP contribution in [0.25, 0.3) is 10.9 Å². The minimum Gasteiger partial charge on any atom is -0.383 e. The van der Waals surface area contributed by atoms with Gasteiger partial charge in [-0.3, -0.25) is 9.59 Å². The molecule has 0 aliphatic heterocycles. The van der Waals surface area contributed by atoms with Crippen LogP contribution in [0.4, 0.5) is 0 Å². The molecule has 0 fully saturated rings. The first-order chi connectivity index (χ1) is 10.1. The van der Waals surface area contributed by atoms with Gasteiger partial charge in [0.15, 0.2) is 5.78 Å². The number of aromatic nitrogens is 1. The molecular weight excluding hydrogens is 268 g/mol. The number of hydrogen-bond donors (Lipinski definition) is 1. The maximum absolute atomic E-state index is 12.0. The zero-order valence-corrected chi connectivity index (χ0v) is 12.6. The Morgan fingerprint density at radius 3 is 2.67 bits per heavy atom. The third kappa shape index (κ3) is 3.13. The van der Waals surface area contributed by atoms with Gasteiger partial charge in [0, 0.05) is 35.8 Å². The minimum atomic E-state index is -0.0917. The second-order valence-corrected chi connectivity index (χ2v) is 4.96. The SMILES string of the molecule is COCCNC(=O)Cn1c(C)c(C(C)=O)c2ccccc21. The van der Waals surface area contributed by atoms with Gasteiger partial charge in [0.05, 0.1) is 6.61 Å². The Morgan fingerprint density at radius 2 is 2.00 bits per heavy atom. The van der Waals surface area contributed by atoms with E-state index in [1.807, 2.05) is 35.8 Å². The van der Waals surface area contributed by atoms with Crippen molar-refractivity contribution >= 4 is 22.6 Å². The molecule has 0 radical (unpaired) electrons. The molecule has 0 unspecified atom stereocenters. The average molecular weight is 288 g/mol. The number of methoxy groups -OCH3 is 1. The van der Waals surface area contributed by atoms with Gasteiger partial charge < -0.3 is 14.6 Å². The van der Waals surface area contributed by atoms with Crippen LogP contribution in [0.5, 0.6) is 0 Å². The lowest BCUT2D eigenvalue weighted by Crippen LogP contribution is -2.30. The van der Waals surface area contributed by atoms with Gasteiger partial charge in [0.2, 0.25) is 5.91 Å². The zero-order chi connectivity index (χ0) is 15.4. The average Bonchev–Trinajstić information content (AvgIpc) is 2.72. The summed E-state index contributed by atoms with van der Waals surface area (Å²) in [6.07, 6.45) is 0. The molecule has 1 heterocycles. The largest absolute Gasteiger partial charge is 0.383 e. The Hall–Kier alpha value is -2.14. The van der Waals surface area contributed by atoms with Gasteiger partial charge in [-0.15, -0.1) is 0 Å². The minimum absolute atomic E-state index is 0.0160.